The van der Waals surface area contributed by atoms with Crippen molar-refractivity contribution in [2.24, 2.45) is 0 Å². The molecule has 0 amide bonds. The SMILES string of the molecule is CNCc1cnccc1-n1cncn1. The molecule has 0 unspecified atom stereocenters. The van der Waals surface area contributed by atoms with Crippen LogP contribution in [-0.2, 0) is 6.54 Å². The van der Waals surface area contributed by atoms with Crippen LogP contribution in [0.5, 0.6) is 0 Å². The van der Waals surface area contributed by atoms with Crippen LogP contribution in [0.15, 0.2) is 31.1 Å². The van der Waals surface area contributed by atoms with Gasteiger partial charge in [0.05, 0.1) is 5.69 Å². The molecule has 2 heterocycles. The molecule has 0 saturated heterocycles. The summed E-state index contributed by atoms with van der Waals surface area (Å²) in [5.41, 5.74) is 2.10. The Bertz CT molecular complexity index is 395. The first-order valence-electron chi connectivity index (χ1n) is 4.34. The van der Waals surface area contributed by atoms with E-state index in [1.165, 1.54) is 6.33 Å². The summed E-state index contributed by atoms with van der Waals surface area (Å²) >= 11 is 0. The Morgan fingerprint density at radius 3 is 3.07 bits per heavy atom. The van der Waals surface area contributed by atoms with Gasteiger partial charge >= 0.3 is 0 Å². The number of nitrogens with zero attached hydrogens (tertiary/aromatic N) is 4. The van der Waals surface area contributed by atoms with E-state index in [1.807, 2.05) is 19.3 Å². The molecule has 0 aliphatic carbocycles. The normalized spacial score (nSPS) is 10.4. The molecule has 2 aromatic rings. The third kappa shape index (κ3) is 1.62. The van der Waals surface area contributed by atoms with E-state index in [1.54, 1.807) is 17.2 Å². The Morgan fingerprint density at radius 1 is 1.43 bits per heavy atom. The smallest absolute Gasteiger partial charge is 0.138 e. The lowest BCUT2D eigenvalue weighted by Gasteiger charge is -2.06. The Balaban J connectivity index is 2.42. The van der Waals surface area contributed by atoms with Gasteiger partial charge in [-0.1, -0.05) is 0 Å². The summed E-state index contributed by atoms with van der Waals surface area (Å²) in [6.45, 7) is 0.767. The van der Waals surface area contributed by atoms with Gasteiger partial charge in [0.15, 0.2) is 0 Å². The highest BCUT2D eigenvalue weighted by Crippen LogP contribution is 2.10. The molecule has 0 aromatic carbocycles. The van der Waals surface area contributed by atoms with Crippen LogP contribution in [0, 0.1) is 0 Å². The summed E-state index contributed by atoms with van der Waals surface area (Å²) in [6.07, 6.45) is 6.77. The van der Waals surface area contributed by atoms with Crippen LogP contribution in [0.4, 0.5) is 0 Å². The summed E-state index contributed by atoms with van der Waals surface area (Å²) in [6, 6.07) is 1.92. The van der Waals surface area contributed by atoms with Crippen LogP contribution >= 0.6 is 0 Å². The Hall–Kier alpha value is -1.75. The molecule has 0 spiro atoms. The molecule has 0 aliphatic rings. The fourth-order valence-corrected chi connectivity index (χ4v) is 1.30. The minimum Gasteiger partial charge on any atom is -0.316 e. The Kier molecular flexibility index (Phi) is 2.51. The average molecular weight is 189 g/mol. The third-order valence-corrected chi connectivity index (χ3v) is 1.91. The fourth-order valence-electron chi connectivity index (χ4n) is 1.30. The van der Waals surface area contributed by atoms with Crippen molar-refractivity contribution < 1.29 is 0 Å². The van der Waals surface area contributed by atoms with E-state index in [0.29, 0.717) is 0 Å². The molecule has 72 valence electrons. The summed E-state index contributed by atoms with van der Waals surface area (Å²) < 4.78 is 1.73. The van der Waals surface area contributed by atoms with E-state index >= 15 is 0 Å². The number of nitrogens with one attached hydrogen (secondary N) is 1. The molecule has 2 aromatic heterocycles. The predicted molar refractivity (Wildman–Crippen MR) is 51.9 cm³/mol. The van der Waals surface area contributed by atoms with Crippen LogP contribution in [0.25, 0.3) is 5.69 Å². The number of hydrogen-bond donors (Lipinski definition) is 1. The van der Waals surface area contributed by atoms with Crippen molar-refractivity contribution in [1.29, 1.82) is 0 Å². The van der Waals surface area contributed by atoms with Crippen molar-refractivity contribution in [3.8, 4) is 5.69 Å². The molecule has 5 nitrogen and oxygen atoms in total. The average Bonchev–Trinajstić information content (AvgIpc) is 2.72. The second-order valence-corrected chi connectivity index (χ2v) is 2.87. The van der Waals surface area contributed by atoms with Gasteiger partial charge in [-0.15, -0.1) is 0 Å². The zero-order valence-electron chi connectivity index (χ0n) is 7.88. The largest absolute Gasteiger partial charge is 0.316 e. The van der Waals surface area contributed by atoms with E-state index in [4.69, 9.17) is 0 Å². The van der Waals surface area contributed by atoms with Crippen LogP contribution in [0.2, 0.25) is 0 Å². The maximum absolute atomic E-state index is 4.08. The highest BCUT2D eigenvalue weighted by Gasteiger charge is 2.03. The summed E-state index contributed by atoms with van der Waals surface area (Å²) in [7, 11) is 1.90. The maximum atomic E-state index is 4.08. The van der Waals surface area contributed by atoms with Gasteiger partial charge in [-0.25, -0.2) is 9.67 Å². The molecule has 5 heteroatoms. The standard InChI is InChI=1S/C9H11N5/c1-10-4-8-5-11-3-2-9(8)14-7-12-6-13-14/h2-3,5-7,10H,4H2,1H3. The fraction of sp³-hybridized carbons (Fsp3) is 0.222. The highest BCUT2D eigenvalue weighted by molar-refractivity contribution is 5.37. The van der Waals surface area contributed by atoms with Gasteiger partial charge in [-0.2, -0.15) is 5.10 Å². The molecule has 0 atom stereocenters. The van der Waals surface area contributed by atoms with Crippen molar-refractivity contribution in [1.82, 2.24) is 25.1 Å². The molecule has 0 fully saturated rings. The van der Waals surface area contributed by atoms with E-state index in [-0.39, 0.29) is 0 Å². The van der Waals surface area contributed by atoms with E-state index < -0.39 is 0 Å². The van der Waals surface area contributed by atoms with Crippen LogP contribution in [-0.4, -0.2) is 26.8 Å². The quantitative estimate of drug-likeness (QED) is 0.758. The molecule has 2 rings (SSSR count). The molecule has 1 N–H and O–H groups in total. The molecule has 0 bridgehead atoms. The molecular weight excluding hydrogens is 178 g/mol. The van der Waals surface area contributed by atoms with Crippen LogP contribution in [0.3, 0.4) is 0 Å². The van der Waals surface area contributed by atoms with Crippen molar-refractivity contribution in [2.75, 3.05) is 7.05 Å². The third-order valence-electron chi connectivity index (χ3n) is 1.91. The molecule has 0 radical (unpaired) electrons. The van der Waals surface area contributed by atoms with E-state index in [0.717, 1.165) is 17.8 Å². The Morgan fingerprint density at radius 2 is 2.36 bits per heavy atom. The van der Waals surface area contributed by atoms with Gasteiger partial charge in [0, 0.05) is 24.5 Å². The molecule has 0 saturated carbocycles. The number of pyridine rings is 1. The number of aromatic nitrogens is 4. The Labute approximate surface area is 81.8 Å². The lowest BCUT2D eigenvalue weighted by atomic mass is 10.2. The zero-order chi connectivity index (χ0) is 9.80. The highest BCUT2D eigenvalue weighted by atomic mass is 15.3. The van der Waals surface area contributed by atoms with Crippen molar-refractivity contribution in [3.05, 3.63) is 36.7 Å². The van der Waals surface area contributed by atoms with Gasteiger partial charge in [0.2, 0.25) is 0 Å². The van der Waals surface area contributed by atoms with E-state index in [2.05, 4.69) is 20.4 Å². The second kappa shape index (κ2) is 3.97. The summed E-state index contributed by atoms with van der Waals surface area (Å²) in [5, 5.41) is 7.16. The van der Waals surface area contributed by atoms with Gasteiger partial charge in [-0.05, 0) is 13.1 Å². The molecular formula is C9H11N5. The number of hydrogen-bond acceptors (Lipinski definition) is 4. The minimum atomic E-state index is 0.767. The van der Waals surface area contributed by atoms with Crippen LogP contribution < -0.4 is 5.32 Å². The first kappa shape index (κ1) is 8.83. The van der Waals surface area contributed by atoms with Crippen molar-refractivity contribution in [2.45, 2.75) is 6.54 Å². The topological polar surface area (TPSA) is 55.6 Å². The zero-order valence-corrected chi connectivity index (χ0v) is 7.88. The van der Waals surface area contributed by atoms with Crippen LogP contribution in [0.1, 0.15) is 5.56 Å². The van der Waals surface area contributed by atoms with Gasteiger partial charge in [0.25, 0.3) is 0 Å². The first-order chi connectivity index (χ1) is 6.92. The number of rotatable bonds is 3. The van der Waals surface area contributed by atoms with Crippen molar-refractivity contribution >= 4 is 0 Å². The van der Waals surface area contributed by atoms with Crippen molar-refractivity contribution in [3.63, 3.8) is 0 Å². The summed E-state index contributed by atoms with van der Waals surface area (Å²) in [4.78, 5) is 7.98. The van der Waals surface area contributed by atoms with E-state index in [9.17, 15) is 0 Å². The first-order valence-corrected chi connectivity index (χ1v) is 4.34. The monoisotopic (exact) mass is 189 g/mol. The predicted octanol–water partition coefficient (Wildman–Crippen LogP) is 0.382. The lowest BCUT2D eigenvalue weighted by Crippen LogP contribution is -2.09. The maximum Gasteiger partial charge on any atom is 0.138 e. The summed E-state index contributed by atoms with van der Waals surface area (Å²) in [5.74, 6) is 0. The van der Waals surface area contributed by atoms with Gasteiger partial charge in [-0.3, -0.25) is 4.98 Å². The second-order valence-electron chi connectivity index (χ2n) is 2.87. The minimum absolute atomic E-state index is 0.767. The van der Waals surface area contributed by atoms with Gasteiger partial charge < -0.3 is 5.32 Å². The lowest BCUT2D eigenvalue weighted by molar-refractivity contribution is 0.783. The van der Waals surface area contributed by atoms with Gasteiger partial charge in [0.1, 0.15) is 12.7 Å². The molecule has 14 heavy (non-hydrogen) atoms. The molecule has 0 aliphatic heterocycles.